The van der Waals surface area contributed by atoms with Crippen molar-refractivity contribution in [2.24, 2.45) is 5.73 Å². The molecule has 3 heteroatoms. The summed E-state index contributed by atoms with van der Waals surface area (Å²) in [6.45, 7) is 4.11. The molecule has 0 aromatic rings. The molecule has 0 aliphatic heterocycles. The van der Waals surface area contributed by atoms with Crippen molar-refractivity contribution in [3.63, 3.8) is 0 Å². The van der Waals surface area contributed by atoms with Gasteiger partial charge in [-0.1, -0.05) is 51.2 Å². The Labute approximate surface area is 93.8 Å². The van der Waals surface area contributed by atoms with E-state index in [0.717, 1.165) is 13.1 Å². The van der Waals surface area contributed by atoms with E-state index in [1.807, 2.05) is 0 Å². The summed E-state index contributed by atoms with van der Waals surface area (Å²) >= 11 is 4.84. The van der Waals surface area contributed by atoms with Gasteiger partial charge in [0.15, 0.2) is 0 Å². The lowest BCUT2D eigenvalue weighted by molar-refractivity contribution is 0.366. The molecule has 0 saturated heterocycles. The summed E-state index contributed by atoms with van der Waals surface area (Å²) in [5.74, 6) is 0. The summed E-state index contributed by atoms with van der Waals surface area (Å²) in [5, 5.41) is 0. The Morgan fingerprint density at radius 3 is 2.29 bits per heavy atom. The van der Waals surface area contributed by atoms with Crippen molar-refractivity contribution >= 4 is 17.2 Å². The smallest absolute Gasteiger partial charge is 0.0869 e. The lowest BCUT2D eigenvalue weighted by Crippen LogP contribution is -2.30. The number of nitrogens with two attached hydrogens (primary N) is 1. The Kier molecular flexibility index (Phi) is 9.31. The van der Waals surface area contributed by atoms with Gasteiger partial charge in [0.25, 0.3) is 0 Å². The molecule has 0 aliphatic carbocycles. The van der Waals surface area contributed by atoms with Crippen LogP contribution in [0.4, 0.5) is 0 Å². The van der Waals surface area contributed by atoms with Crippen LogP contribution in [0.25, 0.3) is 0 Å². The van der Waals surface area contributed by atoms with Crippen LogP contribution in [0.2, 0.25) is 0 Å². The van der Waals surface area contributed by atoms with Gasteiger partial charge in [-0.05, 0) is 20.0 Å². The fourth-order valence-electron chi connectivity index (χ4n) is 1.51. The van der Waals surface area contributed by atoms with E-state index in [1.165, 1.54) is 38.5 Å². The molecular formula is C11H24N2S. The van der Waals surface area contributed by atoms with Crippen LogP contribution in [-0.2, 0) is 0 Å². The third-order valence-electron chi connectivity index (χ3n) is 2.32. The van der Waals surface area contributed by atoms with E-state index in [1.54, 1.807) is 0 Å². The maximum absolute atomic E-state index is 5.45. The van der Waals surface area contributed by atoms with Crippen molar-refractivity contribution in [3.05, 3.63) is 0 Å². The predicted octanol–water partition coefficient (Wildman–Crippen LogP) is 2.56. The Bertz CT molecular complexity index is 148. The fraction of sp³-hybridized carbons (Fsp3) is 0.909. The molecule has 0 heterocycles. The summed E-state index contributed by atoms with van der Waals surface area (Å²) in [6, 6.07) is 0. The predicted molar refractivity (Wildman–Crippen MR) is 67.7 cm³/mol. The minimum absolute atomic E-state index is 0.596. The molecule has 0 radical (unpaired) electrons. The van der Waals surface area contributed by atoms with Crippen LogP contribution < -0.4 is 5.73 Å². The molecular weight excluding hydrogens is 192 g/mol. The summed E-state index contributed by atoms with van der Waals surface area (Å²) < 4.78 is 0. The van der Waals surface area contributed by atoms with E-state index in [2.05, 4.69) is 18.9 Å². The number of thiocarbonyl (C=S) groups is 1. The van der Waals surface area contributed by atoms with Gasteiger partial charge in [-0.3, -0.25) is 4.90 Å². The molecule has 2 N–H and O–H groups in total. The molecule has 0 rings (SSSR count). The first-order valence-corrected chi connectivity index (χ1v) is 6.04. The number of likely N-dealkylation sites (N-methyl/N-ethyl adjacent to an activating group) is 1. The number of hydrogen-bond donors (Lipinski definition) is 1. The Hall–Kier alpha value is -0.150. The third kappa shape index (κ3) is 9.93. The lowest BCUT2D eigenvalue weighted by atomic mass is 10.1. The van der Waals surface area contributed by atoms with Crippen molar-refractivity contribution in [1.29, 1.82) is 0 Å². The first kappa shape index (κ1) is 13.8. The first-order chi connectivity index (χ1) is 6.66. The standard InChI is InChI=1S/C11H24N2S/c1-3-4-5-6-7-8-9-13(2)10-11(12)14/h3-10H2,1-2H3,(H2,12,14). The van der Waals surface area contributed by atoms with E-state index in [9.17, 15) is 0 Å². The minimum atomic E-state index is 0.596. The van der Waals surface area contributed by atoms with Gasteiger partial charge in [-0.2, -0.15) is 0 Å². The summed E-state index contributed by atoms with van der Waals surface area (Å²) in [5.41, 5.74) is 5.45. The Balaban J connectivity index is 3.14. The topological polar surface area (TPSA) is 29.3 Å². The van der Waals surface area contributed by atoms with Gasteiger partial charge in [0, 0.05) is 6.54 Å². The Morgan fingerprint density at radius 1 is 1.14 bits per heavy atom. The van der Waals surface area contributed by atoms with E-state index < -0.39 is 0 Å². The second-order valence-corrected chi connectivity index (χ2v) is 4.50. The molecule has 0 saturated carbocycles. The van der Waals surface area contributed by atoms with E-state index in [-0.39, 0.29) is 0 Å². The highest BCUT2D eigenvalue weighted by Crippen LogP contribution is 2.05. The second-order valence-electron chi connectivity index (χ2n) is 3.97. The fourth-order valence-corrected chi connectivity index (χ4v) is 1.73. The molecule has 84 valence electrons. The van der Waals surface area contributed by atoms with Gasteiger partial charge >= 0.3 is 0 Å². The van der Waals surface area contributed by atoms with E-state index >= 15 is 0 Å². The second kappa shape index (κ2) is 9.41. The number of rotatable bonds is 9. The van der Waals surface area contributed by atoms with Crippen LogP contribution in [-0.4, -0.2) is 30.0 Å². The molecule has 0 bridgehead atoms. The Morgan fingerprint density at radius 2 is 1.71 bits per heavy atom. The van der Waals surface area contributed by atoms with Gasteiger partial charge in [0.1, 0.15) is 0 Å². The van der Waals surface area contributed by atoms with Gasteiger partial charge in [-0.25, -0.2) is 0 Å². The minimum Gasteiger partial charge on any atom is -0.392 e. The molecule has 0 aliphatic rings. The normalized spacial score (nSPS) is 10.8. The van der Waals surface area contributed by atoms with E-state index in [0.29, 0.717) is 4.99 Å². The van der Waals surface area contributed by atoms with Crippen LogP contribution >= 0.6 is 12.2 Å². The van der Waals surface area contributed by atoms with Crippen molar-refractivity contribution in [1.82, 2.24) is 4.90 Å². The van der Waals surface area contributed by atoms with Crippen LogP contribution in [0.5, 0.6) is 0 Å². The molecule has 0 aromatic carbocycles. The molecule has 0 atom stereocenters. The monoisotopic (exact) mass is 216 g/mol. The summed E-state index contributed by atoms with van der Waals surface area (Å²) in [6.07, 6.45) is 8.05. The van der Waals surface area contributed by atoms with Gasteiger partial charge in [-0.15, -0.1) is 0 Å². The average molecular weight is 216 g/mol. The van der Waals surface area contributed by atoms with Crippen molar-refractivity contribution in [3.8, 4) is 0 Å². The maximum Gasteiger partial charge on any atom is 0.0869 e. The quantitative estimate of drug-likeness (QED) is 0.474. The van der Waals surface area contributed by atoms with Crippen LogP contribution in [0.3, 0.4) is 0 Å². The largest absolute Gasteiger partial charge is 0.392 e. The molecule has 14 heavy (non-hydrogen) atoms. The molecule has 0 amide bonds. The summed E-state index contributed by atoms with van der Waals surface area (Å²) in [7, 11) is 2.07. The highest BCUT2D eigenvalue weighted by Gasteiger charge is 1.98. The SMILES string of the molecule is CCCCCCCCN(C)CC(N)=S. The van der Waals surface area contributed by atoms with Crippen molar-refractivity contribution in [2.75, 3.05) is 20.1 Å². The number of unbranched alkanes of at least 4 members (excludes halogenated alkanes) is 5. The van der Waals surface area contributed by atoms with Gasteiger partial charge in [0.05, 0.1) is 4.99 Å². The van der Waals surface area contributed by atoms with Crippen LogP contribution in [0.15, 0.2) is 0 Å². The van der Waals surface area contributed by atoms with Crippen LogP contribution in [0.1, 0.15) is 45.4 Å². The zero-order chi connectivity index (χ0) is 10.8. The molecule has 2 nitrogen and oxygen atoms in total. The lowest BCUT2D eigenvalue weighted by Gasteiger charge is -2.14. The highest BCUT2D eigenvalue weighted by molar-refractivity contribution is 7.80. The number of hydrogen-bond acceptors (Lipinski definition) is 2. The third-order valence-corrected chi connectivity index (χ3v) is 2.45. The van der Waals surface area contributed by atoms with Crippen molar-refractivity contribution < 1.29 is 0 Å². The molecule has 0 unspecified atom stereocenters. The molecule has 0 aromatic heterocycles. The maximum atomic E-state index is 5.45. The van der Waals surface area contributed by atoms with Crippen molar-refractivity contribution in [2.45, 2.75) is 45.4 Å². The highest BCUT2D eigenvalue weighted by atomic mass is 32.1. The zero-order valence-electron chi connectivity index (χ0n) is 9.59. The average Bonchev–Trinajstić information content (AvgIpc) is 2.10. The summed E-state index contributed by atoms with van der Waals surface area (Å²) in [4.78, 5) is 2.79. The molecule has 0 fully saturated rings. The van der Waals surface area contributed by atoms with E-state index in [4.69, 9.17) is 18.0 Å². The van der Waals surface area contributed by atoms with Crippen LogP contribution in [0, 0.1) is 0 Å². The van der Waals surface area contributed by atoms with Gasteiger partial charge < -0.3 is 5.73 Å². The zero-order valence-corrected chi connectivity index (χ0v) is 10.4. The number of nitrogens with zero attached hydrogens (tertiary/aromatic N) is 1. The van der Waals surface area contributed by atoms with Gasteiger partial charge in [0.2, 0.25) is 0 Å². The first-order valence-electron chi connectivity index (χ1n) is 5.63. The molecule has 0 spiro atoms.